The van der Waals surface area contributed by atoms with Crippen molar-refractivity contribution in [3.63, 3.8) is 0 Å². The van der Waals surface area contributed by atoms with Crippen LogP contribution in [-0.4, -0.2) is 26.9 Å². The number of nitrogens with zero attached hydrogens (tertiary/aromatic N) is 3. The average Bonchev–Trinajstić information content (AvgIpc) is 3.02. The summed E-state index contributed by atoms with van der Waals surface area (Å²) in [7, 11) is 0. The van der Waals surface area contributed by atoms with Crippen molar-refractivity contribution in [3.8, 4) is 0 Å². The Morgan fingerprint density at radius 3 is 3.00 bits per heavy atom. The molecule has 4 N–H and O–H groups in total. The first kappa shape index (κ1) is 16.6. The third-order valence-corrected chi connectivity index (χ3v) is 4.21. The predicted octanol–water partition coefficient (Wildman–Crippen LogP) is -0.0991. The molecule has 3 heterocycles. The zero-order valence-corrected chi connectivity index (χ0v) is 13.7. The maximum atomic E-state index is 12.5. The second-order valence-corrected chi connectivity index (χ2v) is 5.78. The molecule has 1 unspecified atom stereocenters. The summed E-state index contributed by atoms with van der Waals surface area (Å²) in [5.41, 5.74) is 6.77. The Bertz CT molecular complexity index is 892. The molecule has 9 heteroatoms. The molecule has 0 spiro atoms. The fourth-order valence-corrected chi connectivity index (χ4v) is 2.89. The van der Waals surface area contributed by atoms with Crippen LogP contribution in [0.25, 0.3) is 0 Å². The van der Waals surface area contributed by atoms with Gasteiger partial charge in [-0.3, -0.25) is 19.0 Å². The molecule has 1 aliphatic heterocycles. The lowest BCUT2D eigenvalue weighted by atomic mass is 10.1. The summed E-state index contributed by atoms with van der Waals surface area (Å²) in [5, 5.41) is 5.30. The first-order valence-corrected chi connectivity index (χ1v) is 7.81. The second kappa shape index (κ2) is 6.71. The van der Waals surface area contributed by atoms with Crippen LogP contribution in [0.1, 0.15) is 29.5 Å². The molecule has 0 saturated carbocycles. The lowest BCUT2D eigenvalue weighted by molar-refractivity contribution is -0.124. The minimum absolute atomic E-state index is 0.0294. The molecule has 2 aromatic rings. The Hall–Kier alpha value is -3.23. The quantitative estimate of drug-likeness (QED) is 0.650. The number of aryl methyl sites for hydroxylation is 2. The number of nitrogen functional groups attached to an aromatic ring is 1. The topological polar surface area (TPSA) is 132 Å². The normalized spacial score (nSPS) is 15.5. The van der Waals surface area contributed by atoms with E-state index in [-0.39, 0.29) is 23.7 Å². The number of anilines is 2. The highest BCUT2D eigenvalue weighted by Gasteiger charge is 2.30. The fourth-order valence-electron chi connectivity index (χ4n) is 2.89. The summed E-state index contributed by atoms with van der Waals surface area (Å²) in [6.45, 7) is 2.06. The highest BCUT2D eigenvalue weighted by Crippen LogP contribution is 2.23. The number of nitrogens with one attached hydrogen (secondary N) is 2. The van der Waals surface area contributed by atoms with Gasteiger partial charge in [-0.15, -0.1) is 0 Å². The van der Waals surface area contributed by atoms with Crippen molar-refractivity contribution in [2.24, 2.45) is 0 Å². The summed E-state index contributed by atoms with van der Waals surface area (Å²) in [6, 6.07) is 2.83. The number of aromatic nitrogens is 3. The summed E-state index contributed by atoms with van der Waals surface area (Å²) in [5.74, 6) is 0.754. The van der Waals surface area contributed by atoms with Crippen molar-refractivity contribution in [3.05, 3.63) is 45.8 Å². The summed E-state index contributed by atoms with van der Waals surface area (Å²) < 4.78 is 1.37. The molecule has 0 saturated heterocycles. The van der Waals surface area contributed by atoms with Crippen LogP contribution in [-0.2, 0) is 22.6 Å². The smallest absolute Gasteiger partial charge is 0.277 e. The molecule has 0 bridgehead atoms. The summed E-state index contributed by atoms with van der Waals surface area (Å²) >= 11 is 0. The zero-order valence-electron chi connectivity index (χ0n) is 13.7. The molecular formula is C16H18N6O3. The van der Waals surface area contributed by atoms with E-state index in [4.69, 9.17) is 5.73 Å². The Morgan fingerprint density at radius 1 is 1.48 bits per heavy atom. The maximum Gasteiger partial charge on any atom is 0.277 e. The van der Waals surface area contributed by atoms with E-state index in [0.29, 0.717) is 36.6 Å². The standard InChI is InChI=1S/C16H18N6O3/c1-9-10(2-4-13(21-9)20-8-23)6-19-15(24)12-3-5-14-18-7-11(17)16(25)22(12)14/h2,4,7-8,12H,3,5-6,17H2,1H3,(H,19,24)(H,20,21,23). The Balaban J connectivity index is 1.72. The van der Waals surface area contributed by atoms with Crippen molar-refractivity contribution in [2.45, 2.75) is 32.4 Å². The number of fused-ring (bicyclic) bond motifs is 1. The molecule has 1 atom stereocenters. The van der Waals surface area contributed by atoms with Gasteiger partial charge in [0.1, 0.15) is 23.4 Å². The highest BCUT2D eigenvalue weighted by molar-refractivity contribution is 5.81. The van der Waals surface area contributed by atoms with Gasteiger partial charge in [-0.05, 0) is 25.0 Å². The van der Waals surface area contributed by atoms with Gasteiger partial charge in [0, 0.05) is 18.7 Å². The van der Waals surface area contributed by atoms with Gasteiger partial charge in [0.05, 0.1) is 6.20 Å². The fraction of sp³-hybridized carbons (Fsp3) is 0.312. The van der Waals surface area contributed by atoms with Gasteiger partial charge in [0.15, 0.2) is 0 Å². The molecule has 2 amide bonds. The second-order valence-electron chi connectivity index (χ2n) is 5.78. The van der Waals surface area contributed by atoms with E-state index < -0.39 is 6.04 Å². The first-order chi connectivity index (χ1) is 12.0. The van der Waals surface area contributed by atoms with Crippen molar-refractivity contribution in [1.82, 2.24) is 19.9 Å². The lowest BCUT2D eigenvalue weighted by Gasteiger charge is -2.15. The van der Waals surface area contributed by atoms with Gasteiger partial charge in [-0.25, -0.2) is 9.97 Å². The van der Waals surface area contributed by atoms with Crippen LogP contribution in [0.5, 0.6) is 0 Å². The molecule has 1 aliphatic rings. The van der Waals surface area contributed by atoms with Crippen LogP contribution >= 0.6 is 0 Å². The van der Waals surface area contributed by atoms with Gasteiger partial charge < -0.3 is 16.4 Å². The summed E-state index contributed by atoms with van der Waals surface area (Å²) in [4.78, 5) is 43.5. The summed E-state index contributed by atoms with van der Waals surface area (Å²) in [6.07, 6.45) is 2.95. The average molecular weight is 342 g/mol. The Labute approximate surface area is 143 Å². The molecule has 9 nitrogen and oxygen atoms in total. The van der Waals surface area contributed by atoms with Crippen LogP contribution < -0.4 is 21.9 Å². The monoisotopic (exact) mass is 342 g/mol. The van der Waals surface area contributed by atoms with E-state index in [1.54, 1.807) is 19.1 Å². The number of carbonyl (C=O) groups excluding carboxylic acids is 2. The zero-order chi connectivity index (χ0) is 18.0. The SMILES string of the molecule is Cc1nc(NC=O)ccc1CNC(=O)C1CCc2ncc(N)c(=O)n21. The van der Waals surface area contributed by atoms with Crippen LogP contribution in [0.3, 0.4) is 0 Å². The molecular weight excluding hydrogens is 324 g/mol. The van der Waals surface area contributed by atoms with E-state index in [2.05, 4.69) is 20.6 Å². The molecule has 0 fully saturated rings. The number of nitrogens with two attached hydrogens (primary N) is 1. The van der Waals surface area contributed by atoms with E-state index in [0.717, 1.165) is 5.56 Å². The third-order valence-electron chi connectivity index (χ3n) is 4.21. The lowest BCUT2D eigenvalue weighted by Crippen LogP contribution is -2.36. The molecule has 0 aromatic carbocycles. The van der Waals surface area contributed by atoms with Gasteiger partial charge in [-0.2, -0.15) is 0 Å². The van der Waals surface area contributed by atoms with E-state index in [1.165, 1.54) is 10.8 Å². The van der Waals surface area contributed by atoms with Crippen molar-refractivity contribution < 1.29 is 9.59 Å². The van der Waals surface area contributed by atoms with Crippen molar-refractivity contribution in [2.75, 3.05) is 11.1 Å². The van der Waals surface area contributed by atoms with Gasteiger partial charge in [-0.1, -0.05) is 6.07 Å². The van der Waals surface area contributed by atoms with Crippen LogP contribution in [0, 0.1) is 6.92 Å². The Kier molecular flexibility index (Phi) is 4.46. The third kappa shape index (κ3) is 3.21. The molecule has 3 rings (SSSR count). The molecule has 2 aromatic heterocycles. The van der Waals surface area contributed by atoms with E-state index in [9.17, 15) is 14.4 Å². The number of amides is 2. The van der Waals surface area contributed by atoms with E-state index in [1.807, 2.05) is 0 Å². The van der Waals surface area contributed by atoms with Crippen molar-refractivity contribution in [1.29, 1.82) is 0 Å². The van der Waals surface area contributed by atoms with Crippen LogP contribution in [0.2, 0.25) is 0 Å². The van der Waals surface area contributed by atoms with Gasteiger partial charge >= 0.3 is 0 Å². The minimum atomic E-state index is -0.609. The molecule has 0 aliphatic carbocycles. The number of hydrogen-bond donors (Lipinski definition) is 3. The number of carbonyl (C=O) groups is 2. The highest BCUT2D eigenvalue weighted by atomic mass is 16.2. The van der Waals surface area contributed by atoms with E-state index >= 15 is 0 Å². The minimum Gasteiger partial charge on any atom is -0.393 e. The molecule has 0 radical (unpaired) electrons. The largest absolute Gasteiger partial charge is 0.393 e. The van der Waals surface area contributed by atoms with Crippen LogP contribution in [0.4, 0.5) is 11.5 Å². The maximum absolute atomic E-state index is 12.5. The molecule has 130 valence electrons. The first-order valence-electron chi connectivity index (χ1n) is 7.81. The van der Waals surface area contributed by atoms with Crippen molar-refractivity contribution >= 4 is 23.8 Å². The Morgan fingerprint density at radius 2 is 2.28 bits per heavy atom. The number of pyridine rings is 1. The van der Waals surface area contributed by atoms with Gasteiger partial charge in [0.2, 0.25) is 12.3 Å². The number of hydrogen-bond acceptors (Lipinski definition) is 6. The van der Waals surface area contributed by atoms with Gasteiger partial charge in [0.25, 0.3) is 5.56 Å². The predicted molar refractivity (Wildman–Crippen MR) is 90.8 cm³/mol. The number of rotatable bonds is 5. The molecule has 25 heavy (non-hydrogen) atoms. The van der Waals surface area contributed by atoms with Crippen LogP contribution in [0.15, 0.2) is 23.1 Å².